The lowest BCUT2D eigenvalue weighted by molar-refractivity contribution is 0.141. The summed E-state index contributed by atoms with van der Waals surface area (Å²) in [6.45, 7) is 6.64. The molecule has 1 aromatic carbocycles. The minimum absolute atomic E-state index is 0.202. The Balaban J connectivity index is 2.51. The van der Waals surface area contributed by atoms with Gasteiger partial charge in [-0.15, -0.1) is 0 Å². The number of nitrogens with one attached hydrogen (secondary N) is 1. The zero-order chi connectivity index (χ0) is 14.1. The normalized spacial score (nSPS) is 12.6. The fraction of sp³-hybridized carbons (Fsp3) is 0.600. The summed E-state index contributed by atoms with van der Waals surface area (Å²) in [6, 6.07) is 5.31. The van der Waals surface area contributed by atoms with Crippen molar-refractivity contribution in [1.82, 2.24) is 5.32 Å². The molecule has 108 valence electrons. The quantitative estimate of drug-likeness (QED) is 0.692. The number of hydrogen-bond donors (Lipinski definition) is 1. The Morgan fingerprint density at radius 2 is 2.16 bits per heavy atom. The minimum atomic E-state index is -0.202. The number of halogens is 2. The van der Waals surface area contributed by atoms with Gasteiger partial charge in [-0.05, 0) is 50.4 Å². The summed E-state index contributed by atoms with van der Waals surface area (Å²) in [6.07, 6.45) is 3.02. The van der Waals surface area contributed by atoms with E-state index in [9.17, 15) is 4.39 Å². The summed E-state index contributed by atoms with van der Waals surface area (Å²) >= 11 is 3.43. The third-order valence-electron chi connectivity index (χ3n) is 3.02. The maximum Gasteiger partial charge on any atom is 0.124 e. The average Bonchev–Trinajstić information content (AvgIpc) is 2.38. The molecule has 0 aliphatic carbocycles. The number of likely N-dealkylation sites (N-methyl/N-ethyl adjacent to an activating group) is 1. The molecule has 0 radical (unpaired) electrons. The van der Waals surface area contributed by atoms with E-state index in [0.717, 1.165) is 49.1 Å². The molecule has 0 saturated carbocycles. The fourth-order valence-corrected chi connectivity index (χ4v) is 2.61. The lowest BCUT2D eigenvalue weighted by atomic mass is 10.0. The van der Waals surface area contributed by atoms with E-state index in [0.29, 0.717) is 6.04 Å². The summed E-state index contributed by atoms with van der Waals surface area (Å²) < 4.78 is 19.3. The predicted molar refractivity (Wildman–Crippen MR) is 81.0 cm³/mol. The third kappa shape index (κ3) is 6.50. The highest BCUT2D eigenvalue weighted by molar-refractivity contribution is 9.10. The molecule has 2 nitrogen and oxygen atoms in total. The largest absolute Gasteiger partial charge is 0.382 e. The smallest absolute Gasteiger partial charge is 0.124 e. The van der Waals surface area contributed by atoms with Crippen molar-refractivity contribution in [3.05, 3.63) is 34.1 Å². The summed E-state index contributed by atoms with van der Waals surface area (Å²) in [5.74, 6) is -0.202. The SMILES string of the molecule is CCNC(CCCOCC)Cc1ccc(F)cc1Br. The molecule has 0 amide bonds. The van der Waals surface area contributed by atoms with Gasteiger partial charge in [0.1, 0.15) is 5.82 Å². The Morgan fingerprint density at radius 1 is 1.37 bits per heavy atom. The van der Waals surface area contributed by atoms with Crippen LogP contribution in [0.5, 0.6) is 0 Å². The van der Waals surface area contributed by atoms with E-state index < -0.39 is 0 Å². The zero-order valence-electron chi connectivity index (χ0n) is 11.7. The lowest BCUT2D eigenvalue weighted by Gasteiger charge is -2.18. The van der Waals surface area contributed by atoms with Crippen LogP contribution in [0.2, 0.25) is 0 Å². The van der Waals surface area contributed by atoms with Crippen LogP contribution in [-0.2, 0) is 11.2 Å². The van der Waals surface area contributed by atoms with Crippen molar-refractivity contribution in [2.45, 2.75) is 39.2 Å². The molecule has 4 heteroatoms. The summed E-state index contributed by atoms with van der Waals surface area (Å²) in [7, 11) is 0. The summed E-state index contributed by atoms with van der Waals surface area (Å²) in [5.41, 5.74) is 1.14. The van der Waals surface area contributed by atoms with Crippen molar-refractivity contribution >= 4 is 15.9 Å². The van der Waals surface area contributed by atoms with Crippen LogP contribution in [0.25, 0.3) is 0 Å². The first-order valence-corrected chi connectivity index (χ1v) is 7.71. The molecular weight excluding hydrogens is 309 g/mol. The van der Waals surface area contributed by atoms with Crippen molar-refractivity contribution in [2.75, 3.05) is 19.8 Å². The van der Waals surface area contributed by atoms with Crippen LogP contribution in [0.1, 0.15) is 32.3 Å². The maximum absolute atomic E-state index is 13.1. The van der Waals surface area contributed by atoms with Crippen LogP contribution in [0.4, 0.5) is 4.39 Å². The summed E-state index contributed by atoms with van der Waals surface area (Å²) in [5, 5.41) is 3.48. The van der Waals surface area contributed by atoms with Gasteiger partial charge in [-0.2, -0.15) is 0 Å². The second-order valence-corrected chi connectivity index (χ2v) is 5.39. The predicted octanol–water partition coefficient (Wildman–Crippen LogP) is 3.93. The monoisotopic (exact) mass is 331 g/mol. The first-order chi connectivity index (χ1) is 9.17. The second-order valence-electron chi connectivity index (χ2n) is 4.53. The number of hydrogen-bond acceptors (Lipinski definition) is 2. The van der Waals surface area contributed by atoms with Crippen molar-refractivity contribution in [3.8, 4) is 0 Å². The van der Waals surface area contributed by atoms with Crippen molar-refractivity contribution < 1.29 is 9.13 Å². The highest BCUT2D eigenvalue weighted by Gasteiger charge is 2.11. The first-order valence-electron chi connectivity index (χ1n) is 6.92. The Bertz CT molecular complexity index is 373. The lowest BCUT2D eigenvalue weighted by Crippen LogP contribution is -2.31. The van der Waals surface area contributed by atoms with E-state index in [4.69, 9.17) is 4.74 Å². The van der Waals surface area contributed by atoms with Crippen molar-refractivity contribution in [1.29, 1.82) is 0 Å². The highest BCUT2D eigenvalue weighted by Crippen LogP contribution is 2.20. The Hall–Kier alpha value is -0.450. The summed E-state index contributed by atoms with van der Waals surface area (Å²) in [4.78, 5) is 0. The molecule has 1 unspecified atom stereocenters. The Kier molecular flexibility index (Phi) is 8.26. The van der Waals surface area contributed by atoms with Gasteiger partial charge in [-0.1, -0.05) is 28.9 Å². The van der Waals surface area contributed by atoms with Crippen LogP contribution in [0.3, 0.4) is 0 Å². The van der Waals surface area contributed by atoms with Crippen LogP contribution >= 0.6 is 15.9 Å². The van der Waals surface area contributed by atoms with Gasteiger partial charge in [-0.25, -0.2) is 4.39 Å². The van der Waals surface area contributed by atoms with Crippen molar-refractivity contribution in [2.24, 2.45) is 0 Å². The molecule has 19 heavy (non-hydrogen) atoms. The molecule has 0 saturated heterocycles. The van der Waals surface area contributed by atoms with Gasteiger partial charge in [0, 0.05) is 23.7 Å². The van der Waals surface area contributed by atoms with E-state index in [1.807, 2.05) is 13.0 Å². The molecule has 1 N–H and O–H groups in total. The maximum atomic E-state index is 13.1. The van der Waals surface area contributed by atoms with Gasteiger partial charge in [0.05, 0.1) is 0 Å². The molecule has 0 aromatic heterocycles. The van der Waals surface area contributed by atoms with E-state index in [1.165, 1.54) is 12.1 Å². The van der Waals surface area contributed by atoms with Crippen LogP contribution in [-0.4, -0.2) is 25.8 Å². The van der Waals surface area contributed by atoms with Crippen LogP contribution in [0.15, 0.2) is 22.7 Å². The Morgan fingerprint density at radius 3 is 2.79 bits per heavy atom. The molecule has 0 fully saturated rings. The second kappa shape index (κ2) is 9.45. The molecule has 0 aliphatic heterocycles. The average molecular weight is 332 g/mol. The van der Waals surface area contributed by atoms with E-state index in [-0.39, 0.29) is 5.82 Å². The minimum Gasteiger partial charge on any atom is -0.382 e. The fourth-order valence-electron chi connectivity index (χ4n) is 2.09. The van der Waals surface area contributed by atoms with E-state index in [2.05, 4.69) is 28.2 Å². The first kappa shape index (κ1) is 16.6. The topological polar surface area (TPSA) is 21.3 Å². The highest BCUT2D eigenvalue weighted by atomic mass is 79.9. The number of ether oxygens (including phenoxy) is 1. The van der Waals surface area contributed by atoms with Gasteiger partial charge >= 0.3 is 0 Å². The van der Waals surface area contributed by atoms with E-state index in [1.54, 1.807) is 0 Å². The zero-order valence-corrected chi connectivity index (χ0v) is 13.3. The molecule has 1 aromatic rings. The van der Waals surface area contributed by atoms with Gasteiger partial charge in [0.2, 0.25) is 0 Å². The van der Waals surface area contributed by atoms with Gasteiger partial charge in [-0.3, -0.25) is 0 Å². The molecule has 0 heterocycles. The standard InChI is InChI=1S/C15H23BrFNO/c1-3-18-14(6-5-9-19-4-2)10-12-7-8-13(17)11-15(12)16/h7-8,11,14,18H,3-6,9-10H2,1-2H3. The van der Waals surface area contributed by atoms with Gasteiger partial charge in [0.25, 0.3) is 0 Å². The van der Waals surface area contributed by atoms with Crippen LogP contribution in [0, 0.1) is 5.82 Å². The van der Waals surface area contributed by atoms with E-state index >= 15 is 0 Å². The molecule has 1 rings (SSSR count). The molecule has 0 spiro atoms. The third-order valence-corrected chi connectivity index (χ3v) is 3.76. The van der Waals surface area contributed by atoms with Gasteiger partial charge in [0.15, 0.2) is 0 Å². The van der Waals surface area contributed by atoms with Crippen LogP contribution < -0.4 is 5.32 Å². The number of rotatable bonds is 9. The number of benzene rings is 1. The molecule has 1 atom stereocenters. The molecular formula is C15H23BrFNO. The Labute approximate surface area is 123 Å². The molecule has 0 bridgehead atoms. The van der Waals surface area contributed by atoms with Crippen molar-refractivity contribution in [3.63, 3.8) is 0 Å². The van der Waals surface area contributed by atoms with Gasteiger partial charge < -0.3 is 10.1 Å². The molecule has 0 aliphatic rings.